The highest BCUT2D eigenvalue weighted by atomic mass is 32.2. The Morgan fingerprint density at radius 3 is 2.69 bits per heavy atom. The molecule has 3 aromatic rings. The van der Waals surface area contributed by atoms with E-state index < -0.39 is 42.4 Å². The Labute approximate surface area is 213 Å². The minimum Gasteiger partial charge on any atom is -0.509 e. The molecule has 5 rings (SSSR count). The van der Waals surface area contributed by atoms with Gasteiger partial charge in [-0.2, -0.15) is 8.42 Å². The molecule has 3 heterocycles. The van der Waals surface area contributed by atoms with Crippen molar-refractivity contribution in [3.8, 4) is 11.5 Å². The number of methoxy groups -OCH3 is 2. The fraction of sp³-hybridized carbons (Fsp3) is 0.150. The zero-order chi connectivity index (χ0) is 25.8. The average Bonchev–Trinajstić information content (AvgIpc) is 3.36. The predicted molar refractivity (Wildman–Crippen MR) is 136 cm³/mol. The number of thioether (sulfide) groups is 1. The number of benzene rings is 2. The van der Waals surface area contributed by atoms with Crippen LogP contribution in [0.15, 0.2) is 56.4 Å². The number of anilines is 2. The van der Waals surface area contributed by atoms with Gasteiger partial charge in [0.2, 0.25) is 10.0 Å². The topological polar surface area (TPSA) is 165 Å². The normalized spacial score (nSPS) is 17.9. The number of ether oxygens (including phenoxy) is 2. The summed E-state index contributed by atoms with van der Waals surface area (Å²) in [7, 11) is -6.15. The molecule has 1 aromatic heterocycles. The number of aromatic nitrogens is 1. The molecule has 0 radical (unpaired) electrons. The van der Waals surface area contributed by atoms with Gasteiger partial charge < -0.3 is 14.6 Å². The van der Waals surface area contributed by atoms with Crippen LogP contribution in [0.1, 0.15) is 0 Å². The zero-order valence-electron chi connectivity index (χ0n) is 18.5. The lowest BCUT2D eigenvalue weighted by atomic mass is 10.2. The highest BCUT2D eigenvalue weighted by molar-refractivity contribution is 8.16. The lowest BCUT2D eigenvalue weighted by molar-refractivity contribution is -0.113. The Bertz CT molecular complexity index is 1710. The molecule has 2 aliphatic rings. The van der Waals surface area contributed by atoms with Gasteiger partial charge >= 0.3 is 0 Å². The molecule has 2 aromatic carbocycles. The Kier molecular flexibility index (Phi) is 5.85. The minimum atomic E-state index is -4.69. The zero-order valence-corrected chi connectivity index (χ0v) is 21.7. The summed E-state index contributed by atoms with van der Waals surface area (Å²) in [5, 5.41) is 10.4. The first-order chi connectivity index (χ1) is 17.0. The second-order valence-corrected chi connectivity index (χ2v) is 12.7. The smallest absolute Gasteiger partial charge is 0.293 e. The molecule has 0 spiro atoms. The maximum Gasteiger partial charge on any atom is 0.293 e. The molecule has 2 aliphatic heterocycles. The number of hydrogen-bond donors (Lipinski definition) is 2. The van der Waals surface area contributed by atoms with E-state index in [4.69, 9.17) is 9.47 Å². The van der Waals surface area contributed by atoms with Crippen molar-refractivity contribution in [2.45, 2.75) is 4.90 Å². The van der Waals surface area contributed by atoms with Crippen LogP contribution in [0.2, 0.25) is 0 Å². The summed E-state index contributed by atoms with van der Waals surface area (Å²) >= 11 is 1.94. The molecule has 0 saturated carbocycles. The average molecular weight is 569 g/mol. The summed E-state index contributed by atoms with van der Waals surface area (Å²) in [4.78, 5) is 17.7. The number of rotatable bonds is 6. The molecule has 0 unspecified atom stereocenters. The highest BCUT2D eigenvalue weighted by Crippen LogP contribution is 2.48. The molecule has 1 amide bonds. The lowest BCUT2D eigenvalue weighted by Crippen LogP contribution is -2.41. The van der Waals surface area contributed by atoms with Gasteiger partial charge in [-0.25, -0.2) is 13.4 Å². The Balaban J connectivity index is 1.47. The van der Waals surface area contributed by atoms with Crippen LogP contribution in [0.25, 0.3) is 10.2 Å². The number of nitrogens with one attached hydrogen (secondary N) is 1. The van der Waals surface area contributed by atoms with E-state index in [1.54, 1.807) is 36.4 Å². The van der Waals surface area contributed by atoms with Crippen molar-refractivity contribution < 1.29 is 36.2 Å². The van der Waals surface area contributed by atoms with Crippen LogP contribution in [-0.2, 0) is 24.8 Å². The summed E-state index contributed by atoms with van der Waals surface area (Å²) in [6.07, 6.45) is 0. The van der Waals surface area contributed by atoms with Gasteiger partial charge in [0.25, 0.3) is 15.9 Å². The summed E-state index contributed by atoms with van der Waals surface area (Å²) in [5.74, 6) is -2.55. The third kappa shape index (κ3) is 4.15. The molecule has 16 heteroatoms. The Morgan fingerprint density at radius 2 is 1.97 bits per heavy atom. The molecule has 0 saturated heterocycles. The van der Waals surface area contributed by atoms with E-state index in [2.05, 4.69) is 14.1 Å². The maximum atomic E-state index is 13.2. The van der Waals surface area contributed by atoms with Crippen LogP contribution in [0.3, 0.4) is 0 Å². The molecule has 12 nitrogen and oxygen atoms in total. The molecule has 0 fully saturated rings. The second-order valence-electron chi connectivity index (χ2n) is 7.39. The van der Waals surface area contributed by atoms with Crippen molar-refractivity contribution in [3.63, 3.8) is 0 Å². The molecule has 36 heavy (non-hydrogen) atoms. The number of thiazole rings is 1. The van der Waals surface area contributed by atoms with Crippen LogP contribution in [0.5, 0.6) is 11.5 Å². The van der Waals surface area contributed by atoms with Gasteiger partial charge in [-0.05, 0) is 36.0 Å². The van der Waals surface area contributed by atoms with Crippen molar-refractivity contribution in [1.29, 1.82) is 0 Å². The SMILES string of the molecule is COc1ccc2sc(NS(=O)(=O)C/C(O)=C3/C(=O)N4C(=NS3(=O)=O)Sc3c(OC)cccc34)nc2c1. The number of fused-ring (bicyclic) bond motifs is 4. The minimum absolute atomic E-state index is 0.00819. The van der Waals surface area contributed by atoms with E-state index in [1.165, 1.54) is 14.2 Å². The van der Waals surface area contributed by atoms with Crippen LogP contribution in [-0.4, -0.2) is 58.0 Å². The highest BCUT2D eigenvalue weighted by Gasteiger charge is 2.46. The monoisotopic (exact) mass is 568 g/mol. The van der Waals surface area contributed by atoms with Gasteiger partial charge in [0.05, 0.1) is 35.0 Å². The van der Waals surface area contributed by atoms with Crippen LogP contribution in [0.4, 0.5) is 10.8 Å². The van der Waals surface area contributed by atoms with E-state index in [0.29, 0.717) is 32.3 Å². The van der Waals surface area contributed by atoms with E-state index in [1.807, 2.05) is 0 Å². The molecule has 0 atom stereocenters. The maximum absolute atomic E-state index is 13.2. The van der Waals surface area contributed by atoms with Crippen molar-refractivity contribution in [2.24, 2.45) is 4.40 Å². The Hall–Kier alpha value is -3.34. The third-order valence-electron chi connectivity index (χ3n) is 5.08. The molecule has 0 aliphatic carbocycles. The van der Waals surface area contributed by atoms with Gasteiger partial charge in [0.15, 0.2) is 15.2 Å². The second kappa shape index (κ2) is 8.65. The van der Waals surface area contributed by atoms with E-state index >= 15 is 0 Å². The van der Waals surface area contributed by atoms with Crippen LogP contribution >= 0.6 is 23.1 Å². The Morgan fingerprint density at radius 1 is 1.19 bits per heavy atom. The first kappa shape index (κ1) is 24.4. The third-order valence-corrected chi connectivity index (χ3v) is 9.85. The standard InChI is InChI=1S/C20H16N4O8S4/c1-31-10-6-7-15-11(8-10)21-19(33-15)22-35(27,28)9-13(25)17-18(26)24-12-4-3-5-14(32-2)16(12)34-20(24)23-36(17,29)30/h3-8,25H,9H2,1-2H3,(H,21,22)/b17-13+. The summed E-state index contributed by atoms with van der Waals surface area (Å²) < 4.78 is 67.9. The fourth-order valence-corrected chi connectivity index (χ4v) is 8.26. The van der Waals surface area contributed by atoms with Crippen molar-refractivity contribution >= 4 is 75.3 Å². The predicted octanol–water partition coefficient (Wildman–Crippen LogP) is 2.66. The molecular weight excluding hydrogens is 553 g/mol. The van der Waals surface area contributed by atoms with E-state index in [9.17, 15) is 26.7 Å². The number of hydrogen-bond acceptors (Lipinski definition) is 11. The number of aliphatic hydroxyl groups is 1. The van der Waals surface area contributed by atoms with Crippen LogP contribution < -0.4 is 19.1 Å². The number of sulfonamides is 2. The number of carbonyl (C=O) groups is 1. The molecule has 0 bridgehead atoms. The van der Waals surface area contributed by atoms with Crippen LogP contribution in [0, 0.1) is 0 Å². The summed E-state index contributed by atoms with van der Waals surface area (Å²) in [6, 6.07) is 9.79. The largest absolute Gasteiger partial charge is 0.509 e. The van der Waals surface area contributed by atoms with Gasteiger partial charge in [-0.3, -0.25) is 14.4 Å². The number of aliphatic hydroxyl groups excluding tert-OH is 1. The summed E-state index contributed by atoms with van der Waals surface area (Å²) in [5.41, 5.74) is 0.779. The fourth-order valence-electron chi connectivity index (χ4n) is 3.56. The van der Waals surface area contributed by atoms with Crippen molar-refractivity contribution in [2.75, 3.05) is 29.6 Å². The lowest BCUT2D eigenvalue weighted by Gasteiger charge is -2.22. The first-order valence-corrected chi connectivity index (χ1v) is 14.7. The van der Waals surface area contributed by atoms with Crippen molar-refractivity contribution in [3.05, 3.63) is 47.1 Å². The first-order valence-electron chi connectivity index (χ1n) is 9.94. The summed E-state index contributed by atoms with van der Waals surface area (Å²) in [6.45, 7) is 0. The number of carbonyl (C=O) groups excluding carboxylic acids is 1. The van der Waals surface area contributed by atoms with Gasteiger partial charge in [0, 0.05) is 6.07 Å². The number of amidine groups is 1. The number of nitrogens with zero attached hydrogens (tertiary/aromatic N) is 3. The quantitative estimate of drug-likeness (QED) is 0.334. The molecular formula is C20H16N4O8S4. The van der Waals surface area contributed by atoms with E-state index in [-0.39, 0.29) is 10.3 Å². The van der Waals surface area contributed by atoms with Gasteiger partial charge in [-0.1, -0.05) is 17.4 Å². The molecule has 188 valence electrons. The molecule has 2 N–H and O–H groups in total. The van der Waals surface area contributed by atoms with E-state index in [0.717, 1.165) is 28.0 Å². The number of amides is 1. The van der Waals surface area contributed by atoms with Gasteiger partial charge in [-0.15, -0.1) is 4.40 Å². The van der Waals surface area contributed by atoms with Crippen molar-refractivity contribution in [1.82, 2.24) is 4.98 Å². The van der Waals surface area contributed by atoms with Gasteiger partial charge in [0.1, 0.15) is 23.0 Å².